The maximum absolute atomic E-state index is 12.5. The standard InChI is InChI=1S/C16H24ClNO3/c1-5-16(6-2,10-17)11-18-15(19)14-12(20-3)8-7-9-13(14)21-4/h7-9H,5-6,10-11H2,1-4H3,(H,18,19). The van der Waals surface area contributed by atoms with E-state index in [1.165, 1.54) is 14.2 Å². The summed E-state index contributed by atoms with van der Waals surface area (Å²) in [5.41, 5.74) is 0.338. The zero-order chi connectivity index (χ0) is 15.9. The number of nitrogens with one attached hydrogen (secondary N) is 1. The Balaban J connectivity index is 2.94. The molecule has 0 bridgehead atoms. The highest BCUT2D eigenvalue weighted by Gasteiger charge is 2.27. The Hall–Kier alpha value is -1.42. The molecule has 1 N–H and O–H groups in total. The average molecular weight is 314 g/mol. The van der Waals surface area contributed by atoms with Gasteiger partial charge in [0.2, 0.25) is 0 Å². The number of ether oxygens (including phenoxy) is 2. The largest absolute Gasteiger partial charge is 0.496 e. The molecule has 0 aliphatic carbocycles. The highest BCUT2D eigenvalue weighted by molar-refractivity contribution is 6.18. The number of alkyl halides is 1. The topological polar surface area (TPSA) is 47.6 Å². The van der Waals surface area contributed by atoms with Crippen LogP contribution in [-0.2, 0) is 0 Å². The third-order valence-electron chi connectivity index (χ3n) is 4.06. The fourth-order valence-electron chi connectivity index (χ4n) is 2.17. The number of halogens is 1. The van der Waals surface area contributed by atoms with E-state index in [9.17, 15) is 4.79 Å². The van der Waals surface area contributed by atoms with E-state index in [0.29, 0.717) is 29.5 Å². The van der Waals surface area contributed by atoms with E-state index in [1.807, 2.05) is 0 Å². The van der Waals surface area contributed by atoms with E-state index in [4.69, 9.17) is 21.1 Å². The molecule has 0 heterocycles. The molecule has 0 fully saturated rings. The lowest BCUT2D eigenvalue weighted by Crippen LogP contribution is -2.38. The minimum Gasteiger partial charge on any atom is -0.496 e. The van der Waals surface area contributed by atoms with Crippen LogP contribution in [0.3, 0.4) is 0 Å². The molecule has 0 spiro atoms. The van der Waals surface area contributed by atoms with Crippen LogP contribution in [0, 0.1) is 5.41 Å². The fraction of sp³-hybridized carbons (Fsp3) is 0.562. The predicted molar refractivity (Wildman–Crippen MR) is 85.6 cm³/mol. The van der Waals surface area contributed by atoms with Gasteiger partial charge in [-0.15, -0.1) is 11.6 Å². The van der Waals surface area contributed by atoms with Crippen molar-refractivity contribution < 1.29 is 14.3 Å². The molecule has 0 atom stereocenters. The summed E-state index contributed by atoms with van der Waals surface area (Å²) in [4.78, 5) is 12.5. The van der Waals surface area contributed by atoms with Crippen LogP contribution in [-0.4, -0.2) is 32.6 Å². The summed E-state index contributed by atoms with van der Waals surface area (Å²) in [6, 6.07) is 5.27. The van der Waals surface area contributed by atoms with E-state index in [0.717, 1.165) is 12.8 Å². The second-order valence-corrected chi connectivity index (χ2v) is 5.33. The van der Waals surface area contributed by atoms with Crippen molar-refractivity contribution in [3.8, 4) is 11.5 Å². The van der Waals surface area contributed by atoms with Crippen molar-refractivity contribution in [2.75, 3.05) is 26.6 Å². The number of benzene rings is 1. The van der Waals surface area contributed by atoms with Crippen LogP contribution in [0.5, 0.6) is 11.5 Å². The van der Waals surface area contributed by atoms with Crippen LogP contribution in [0.2, 0.25) is 0 Å². The molecular weight excluding hydrogens is 290 g/mol. The van der Waals surface area contributed by atoms with Gasteiger partial charge in [0.05, 0.1) is 14.2 Å². The number of methoxy groups -OCH3 is 2. The Morgan fingerprint density at radius 3 is 2.10 bits per heavy atom. The summed E-state index contributed by atoms with van der Waals surface area (Å²) < 4.78 is 10.5. The molecule has 0 unspecified atom stereocenters. The molecule has 118 valence electrons. The molecule has 1 aromatic rings. The molecule has 1 aromatic carbocycles. The van der Waals surface area contributed by atoms with Gasteiger partial charge in [0, 0.05) is 17.8 Å². The van der Waals surface area contributed by atoms with Crippen molar-refractivity contribution >= 4 is 17.5 Å². The minimum absolute atomic E-state index is 0.0769. The molecule has 1 amide bonds. The smallest absolute Gasteiger partial charge is 0.258 e. The number of hydrogen-bond donors (Lipinski definition) is 1. The SMILES string of the molecule is CCC(CC)(CCl)CNC(=O)c1c(OC)cccc1OC. The van der Waals surface area contributed by atoms with Crippen LogP contribution >= 0.6 is 11.6 Å². The molecule has 0 saturated carbocycles. The normalized spacial score (nSPS) is 11.1. The fourth-order valence-corrected chi connectivity index (χ4v) is 2.64. The van der Waals surface area contributed by atoms with Crippen molar-refractivity contribution in [2.45, 2.75) is 26.7 Å². The van der Waals surface area contributed by atoms with Crippen LogP contribution in [0.1, 0.15) is 37.0 Å². The molecular formula is C16H24ClNO3. The van der Waals surface area contributed by atoms with Crippen molar-refractivity contribution in [3.05, 3.63) is 23.8 Å². The van der Waals surface area contributed by atoms with Crippen molar-refractivity contribution in [3.63, 3.8) is 0 Å². The molecule has 0 aliphatic heterocycles. The Morgan fingerprint density at radius 1 is 1.19 bits per heavy atom. The second kappa shape index (κ2) is 8.13. The summed E-state index contributed by atoms with van der Waals surface area (Å²) in [7, 11) is 3.07. The lowest BCUT2D eigenvalue weighted by atomic mass is 9.84. The second-order valence-electron chi connectivity index (χ2n) is 5.06. The lowest BCUT2D eigenvalue weighted by Gasteiger charge is -2.29. The molecule has 5 heteroatoms. The molecule has 21 heavy (non-hydrogen) atoms. The van der Waals surface area contributed by atoms with Crippen LogP contribution in [0.15, 0.2) is 18.2 Å². The van der Waals surface area contributed by atoms with E-state index in [2.05, 4.69) is 19.2 Å². The molecule has 0 radical (unpaired) electrons. The van der Waals surface area contributed by atoms with Gasteiger partial charge >= 0.3 is 0 Å². The average Bonchev–Trinajstić information content (AvgIpc) is 2.55. The van der Waals surface area contributed by atoms with Crippen molar-refractivity contribution in [1.29, 1.82) is 0 Å². The van der Waals surface area contributed by atoms with Gasteiger partial charge in [0.15, 0.2) is 0 Å². The van der Waals surface area contributed by atoms with E-state index in [-0.39, 0.29) is 11.3 Å². The van der Waals surface area contributed by atoms with E-state index < -0.39 is 0 Å². The maximum Gasteiger partial charge on any atom is 0.258 e. The molecule has 0 saturated heterocycles. The third kappa shape index (κ3) is 4.03. The highest BCUT2D eigenvalue weighted by Crippen LogP contribution is 2.30. The maximum atomic E-state index is 12.5. The first-order valence-electron chi connectivity index (χ1n) is 7.12. The Labute approximate surface area is 131 Å². The number of hydrogen-bond acceptors (Lipinski definition) is 3. The van der Waals surface area contributed by atoms with Gasteiger partial charge < -0.3 is 14.8 Å². The minimum atomic E-state index is -0.208. The molecule has 1 rings (SSSR count). The van der Waals surface area contributed by atoms with Gasteiger partial charge in [-0.3, -0.25) is 4.79 Å². The van der Waals surface area contributed by atoms with Gasteiger partial charge in [0.1, 0.15) is 17.1 Å². The highest BCUT2D eigenvalue weighted by atomic mass is 35.5. The van der Waals surface area contributed by atoms with E-state index >= 15 is 0 Å². The first-order chi connectivity index (χ1) is 10.1. The van der Waals surface area contributed by atoms with Gasteiger partial charge in [0.25, 0.3) is 5.91 Å². The Morgan fingerprint density at radius 2 is 1.71 bits per heavy atom. The van der Waals surface area contributed by atoms with Crippen molar-refractivity contribution in [2.24, 2.45) is 5.41 Å². The monoisotopic (exact) mass is 313 g/mol. The van der Waals surface area contributed by atoms with E-state index in [1.54, 1.807) is 18.2 Å². The quantitative estimate of drug-likeness (QED) is 0.747. The number of rotatable bonds is 8. The van der Waals surface area contributed by atoms with Gasteiger partial charge in [-0.25, -0.2) is 0 Å². The first kappa shape index (κ1) is 17.6. The summed E-state index contributed by atoms with van der Waals surface area (Å²) in [5, 5.41) is 2.96. The summed E-state index contributed by atoms with van der Waals surface area (Å²) in [6.07, 6.45) is 1.83. The zero-order valence-electron chi connectivity index (χ0n) is 13.2. The van der Waals surface area contributed by atoms with Gasteiger partial charge in [-0.2, -0.15) is 0 Å². The van der Waals surface area contributed by atoms with Crippen LogP contribution in [0.4, 0.5) is 0 Å². The number of carbonyl (C=O) groups excluding carboxylic acids is 1. The zero-order valence-corrected chi connectivity index (χ0v) is 13.9. The molecule has 0 aliphatic rings. The number of carbonyl (C=O) groups is 1. The van der Waals surface area contributed by atoms with Crippen LogP contribution in [0.25, 0.3) is 0 Å². The molecule has 4 nitrogen and oxygen atoms in total. The third-order valence-corrected chi connectivity index (χ3v) is 4.63. The molecule has 0 aromatic heterocycles. The first-order valence-corrected chi connectivity index (χ1v) is 7.66. The summed E-state index contributed by atoms with van der Waals surface area (Å²) in [6.45, 7) is 4.70. The summed E-state index contributed by atoms with van der Waals surface area (Å²) >= 11 is 6.07. The Bertz CT molecular complexity index is 442. The Kier molecular flexibility index (Phi) is 6.82. The van der Waals surface area contributed by atoms with Gasteiger partial charge in [-0.1, -0.05) is 19.9 Å². The predicted octanol–water partition coefficient (Wildman–Crippen LogP) is 3.48. The van der Waals surface area contributed by atoms with Gasteiger partial charge in [-0.05, 0) is 25.0 Å². The number of amides is 1. The van der Waals surface area contributed by atoms with Crippen LogP contribution < -0.4 is 14.8 Å². The lowest BCUT2D eigenvalue weighted by molar-refractivity contribution is 0.0925. The van der Waals surface area contributed by atoms with Crippen molar-refractivity contribution in [1.82, 2.24) is 5.32 Å². The summed E-state index contributed by atoms with van der Waals surface area (Å²) in [5.74, 6) is 1.30.